The number of benzene rings is 3. The summed E-state index contributed by atoms with van der Waals surface area (Å²) in [6, 6.07) is 13.1. The van der Waals surface area contributed by atoms with Gasteiger partial charge in [0.15, 0.2) is 0 Å². The second-order valence-corrected chi connectivity index (χ2v) is 8.80. The zero-order valence-electron chi connectivity index (χ0n) is 17.4. The van der Waals surface area contributed by atoms with Crippen LogP contribution in [-0.2, 0) is 10.0 Å². The highest BCUT2D eigenvalue weighted by molar-refractivity contribution is 7.92. The first-order valence-corrected chi connectivity index (χ1v) is 10.9. The summed E-state index contributed by atoms with van der Waals surface area (Å²) in [6.45, 7) is 3.67. The van der Waals surface area contributed by atoms with Crippen molar-refractivity contribution in [2.45, 2.75) is 18.7 Å². The van der Waals surface area contributed by atoms with Crippen LogP contribution < -0.4 is 10.0 Å². The second kappa shape index (κ2) is 9.04. The van der Waals surface area contributed by atoms with Gasteiger partial charge in [0.25, 0.3) is 27.3 Å². The van der Waals surface area contributed by atoms with Gasteiger partial charge in [0, 0.05) is 11.8 Å². The molecule has 12 heteroatoms. The average molecular weight is 470 g/mol. The standard InChI is InChI=1S/C21H18N4O7S/c1-13-3-10-19(14(2)11-13)23-33(31,32)17-7-4-15(5-8-17)22-21(26)18-9-6-16(24(27)28)12-20(18)25(29)30/h3-12,23H,1-2H3,(H,22,26). The average Bonchev–Trinajstić information content (AvgIpc) is 2.75. The Balaban J connectivity index is 1.80. The Hall–Kier alpha value is -4.32. The van der Waals surface area contributed by atoms with Crippen molar-refractivity contribution in [3.05, 3.63) is 97.6 Å². The van der Waals surface area contributed by atoms with Crippen molar-refractivity contribution in [2.75, 3.05) is 10.0 Å². The zero-order valence-corrected chi connectivity index (χ0v) is 18.3. The van der Waals surface area contributed by atoms with Crippen LogP contribution in [0.4, 0.5) is 22.7 Å². The highest BCUT2D eigenvalue weighted by Crippen LogP contribution is 2.26. The molecule has 33 heavy (non-hydrogen) atoms. The normalized spacial score (nSPS) is 11.0. The topological polar surface area (TPSA) is 162 Å². The molecule has 0 unspecified atom stereocenters. The van der Waals surface area contributed by atoms with Crippen LogP contribution in [0, 0.1) is 34.1 Å². The number of nitrogens with zero attached hydrogens (tertiary/aromatic N) is 2. The number of nitro benzene ring substituents is 2. The van der Waals surface area contributed by atoms with Gasteiger partial charge in [-0.2, -0.15) is 0 Å². The molecule has 0 saturated heterocycles. The molecule has 170 valence electrons. The first-order valence-electron chi connectivity index (χ1n) is 9.42. The van der Waals surface area contributed by atoms with Gasteiger partial charge in [-0.25, -0.2) is 8.42 Å². The SMILES string of the molecule is Cc1ccc(NS(=O)(=O)c2ccc(NC(=O)c3ccc([N+](=O)[O-])cc3[N+](=O)[O-])cc2)c(C)c1. The molecule has 0 heterocycles. The Labute approximate surface area is 188 Å². The summed E-state index contributed by atoms with van der Waals surface area (Å²) in [5.41, 5.74) is 0.735. The molecule has 0 aromatic heterocycles. The van der Waals surface area contributed by atoms with Crippen molar-refractivity contribution in [3.63, 3.8) is 0 Å². The predicted molar refractivity (Wildman–Crippen MR) is 121 cm³/mol. The van der Waals surface area contributed by atoms with E-state index >= 15 is 0 Å². The monoisotopic (exact) mass is 470 g/mol. The first-order chi connectivity index (χ1) is 15.5. The summed E-state index contributed by atoms with van der Waals surface area (Å²) in [7, 11) is -3.89. The quantitative estimate of drug-likeness (QED) is 0.387. The number of sulfonamides is 1. The number of amides is 1. The lowest BCUT2D eigenvalue weighted by atomic mass is 10.1. The van der Waals surface area contributed by atoms with Gasteiger partial charge in [0.05, 0.1) is 26.5 Å². The van der Waals surface area contributed by atoms with Crippen molar-refractivity contribution >= 4 is 38.7 Å². The van der Waals surface area contributed by atoms with E-state index in [9.17, 15) is 33.4 Å². The van der Waals surface area contributed by atoms with Crippen molar-refractivity contribution in [1.82, 2.24) is 0 Å². The lowest BCUT2D eigenvalue weighted by molar-refractivity contribution is -0.394. The molecule has 3 rings (SSSR count). The number of carbonyl (C=O) groups is 1. The number of aryl methyl sites for hydroxylation is 2. The minimum atomic E-state index is -3.89. The van der Waals surface area contributed by atoms with Gasteiger partial charge in [-0.1, -0.05) is 17.7 Å². The fourth-order valence-electron chi connectivity index (χ4n) is 3.02. The van der Waals surface area contributed by atoms with E-state index in [0.29, 0.717) is 11.8 Å². The largest absolute Gasteiger partial charge is 0.322 e. The van der Waals surface area contributed by atoms with Crippen LogP contribution in [-0.4, -0.2) is 24.2 Å². The smallest absolute Gasteiger partial charge is 0.289 e. The Kier molecular flexibility index (Phi) is 6.40. The molecular formula is C21H18N4O7S. The van der Waals surface area contributed by atoms with E-state index in [4.69, 9.17) is 0 Å². The number of rotatable bonds is 7. The third-order valence-corrected chi connectivity index (χ3v) is 6.06. The number of hydrogen-bond acceptors (Lipinski definition) is 7. The number of non-ortho nitro benzene ring substituents is 1. The van der Waals surface area contributed by atoms with E-state index in [0.717, 1.165) is 23.3 Å². The van der Waals surface area contributed by atoms with E-state index in [2.05, 4.69) is 10.0 Å². The Morgan fingerprint density at radius 3 is 2.12 bits per heavy atom. The highest BCUT2D eigenvalue weighted by atomic mass is 32.2. The van der Waals surface area contributed by atoms with Gasteiger partial charge >= 0.3 is 0 Å². The van der Waals surface area contributed by atoms with Crippen molar-refractivity contribution < 1.29 is 23.1 Å². The fourth-order valence-corrected chi connectivity index (χ4v) is 4.16. The molecule has 0 fully saturated rings. The Morgan fingerprint density at radius 1 is 0.879 bits per heavy atom. The molecule has 0 aliphatic carbocycles. The van der Waals surface area contributed by atoms with Crippen molar-refractivity contribution in [2.24, 2.45) is 0 Å². The number of anilines is 2. The van der Waals surface area contributed by atoms with Crippen LogP contribution in [0.5, 0.6) is 0 Å². The van der Waals surface area contributed by atoms with E-state index in [1.54, 1.807) is 19.1 Å². The van der Waals surface area contributed by atoms with Crippen LogP contribution in [0.15, 0.2) is 65.6 Å². The Morgan fingerprint density at radius 2 is 1.55 bits per heavy atom. The molecular weight excluding hydrogens is 452 g/mol. The van der Waals surface area contributed by atoms with Gasteiger partial charge in [-0.3, -0.25) is 29.7 Å². The molecule has 0 atom stereocenters. The molecule has 0 aliphatic rings. The van der Waals surface area contributed by atoms with E-state index in [1.807, 2.05) is 13.0 Å². The van der Waals surface area contributed by atoms with Gasteiger partial charge in [0.2, 0.25) is 0 Å². The Bertz CT molecular complexity index is 1370. The maximum atomic E-state index is 12.7. The minimum Gasteiger partial charge on any atom is -0.322 e. The summed E-state index contributed by atoms with van der Waals surface area (Å²) < 4.78 is 27.8. The second-order valence-electron chi connectivity index (χ2n) is 7.12. The summed E-state index contributed by atoms with van der Waals surface area (Å²) in [4.78, 5) is 32.8. The third-order valence-electron chi connectivity index (χ3n) is 4.68. The van der Waals surface area contributed by atoms with Crippen LogP contribution in [0.2, 0.25) is 0 Å². The lowest BCUT2D eigenvalue weighted by Crippen LogP contribution is -2.15. The zero-order chi connectivity index (χ0) is 24.3. The molecule has 0 bridgehead atoms. The highest BCUT2D eigenvalue weighted by Gasteiger charge is 2.24. The molecule has 1 amide bonds. The first kappa shape index (κ1) is 23.3. The molecule has 0 radical (unpaired) electrons. The fraction of sp³-hybridized carbons (Fsp3) is 0.0952. The van der Waals surface area contributed by atoms with Crippen LogP contribution in [0.1, 0.15) is 21.5 Å². The third kappa shape index (κ3) is 5.30. The molecule has 2 N–H and O–H groups in total. The molecule has 0 aliphatic heterocycles. The van der Waals surface area contributed by atoms with E-state index in [1.165, 1.54) is 24.3 Å². The number of hydrogen-bond donors (Lipinski definition) is 2. The predicted octanol–water partition coefficient (Wildman–Crippen LogP) is 4.17. The summed E-state index contributed by atoms with van der Waals surface area (Å²) in [5.74, 6) is -0.874. The summed E-state index contributed by atoms with van der Waals surface area (Å²) in [6.07, 6.45) is 0. The van der Waals surface area contributed by atoms with E-state index < -0.39 is 37.2 Å². The van der Waals surface area contributed by atoms with Crippen LogP contribution in [0.25, 0.3) is 0 Å². The van der Waals surface area contributed by atoms with Gasteiger partial charge in [-0.15, -0.1) is 0 Å². The van der Waals surface area contributed by atoms with Crippen molar-refractivity contribution in [1.29, 1.82) is 0 Å². The van der Waals surface area contributed by atoms with Gasteiger partial charge in [0.1, 0.15) is 5.56 Å². The molecule has 0 saturated carbocycles. The lowest BCUT2D eigenvalue weighted by Gasteiger charge is -2.12. The number of nitro groups is 2. The maximum Gasteiger partial charge on any atom is 0.289 e. The molecule has 0 spiro atoms. The minimum absolute atomic E-state index is 0.0539. The molecule has 3 aromatic carbocycles. The summed E-state index contributed by atoms with van der Waals surface area (Å²) in [5, 5.41) is 24.5. The van der Waals surface area contributed by atoms with Gasteiger partial charge in [-0.05, 0) is 55.8 Å². The van der Waals surface area contributed by atoms with Gasteiger partial charge < -0.3 is 5.32 Å². The van der Waals surface area contributed by atoms with E-state index in [-0.39, 0.29) is 16.1 Å². The summed E-state index contributed by atoms with van der Waals surface area (Å²) >= 11 is 0. The maximum absolute atomic E-state index is 12.7. The molecule has 11 nitrogen and oxygen atoms in total. The van der Waals surface area contributed by atoms with Crippen LogP contribution >= 0.6 is 0 Å². The molecule has 3 aromatic rings. The number of carbonyl (C=O) groups excluding carboxylic acids is 1. The van der Waals surface area contributed by atoms with Crippen LogP contribution in [0.3, 0.4) is 0 Å². The van der Waals surface area contributed by atoms with Crippen molar-refractivity contribution in [3.8, 4) is 0 Å². The number of nitrogens with one attached hydrogen (secondary N) is 2.